The van der Waals surface area contributed by atoms with Crippen LogP contribution in [0.25, 0.3) is 10.9 Å². The van der Waals surface area contributed by atoms with E-state index < -0.39 is 30.4 Å². The van der Waals surface area contributed by atoms with Gasteiger partial charge in [-0.15, -0.1) is 0 Å². The van der Waals surface area contributed by atoms with E-state index >= 15 is 0 Å². The van der Waals surface area contributed by atoms with Crippen molar-refractivity contribution in [2.45, 2.75) is 24.4 Å². The number of nitrogens with two attached hydrogens (primary N) is 1. The molecule has 1 fully saturated rings. The number of aromatic nitrogens is 1. The van der Waals surface area contributed by atoms with Gasteiger partial charge in [0.05, 0.1) is 6.04 Å². The highest BCUT2D eigenvalue weighted by Crippen LogP contribution is 2.44. The molecule has 5 N–H and O–H groups in total. The van der Waals surface area contributed by atoms with Gasteiger partial charge in [-0.05, 0) is 6.07 Å². The number of halogens is 3. The Bertz CT molecular complexity index is 729. The van der Waals surface area contributed by atoms with Crippen LogP contribution < -0.4 is 11.2 Å². The molecule has 3 rings (SSSR count). The molecule has 2 amide bonds. The number of nitrogens with one attached hydrogen (secondary N) is 2. The van der Waals surface area contributed by atoms with E-state index in [2.05, 4.69) is 4.98 Å². The van der Waals surface area contributed by atoms with E-state index in [4.69, 9.17) is 5.73 Å². The van der Waals surface area contributed by atoms with Crippen LogP contribution in [0.5, 0.6) is 0 Å². The standard InChI is InChI=1S/C13H13F3N4O2/c14-13(15,16)12(22)5-10(20(19-12)11(17)21)8-6-18-9-4-2-1-3-7(8)9/h1-4,6,10,18-19,22H,5H2,(H2,17,21). The van der Waals surface area contributed by atoms with Crippen molar-refractivity contribution in [1.29, 1.82) is 0 Å². The first-order chi connectivity index (χ1) is 10.2. The van der Waals surface area contributed by atoms with Crippen molar-refractivity contribution in [3.05, 3.63) is 36.0 Å². The lowest BCUT2D eigenvalue weighted by atomic mass is 9.98. The number of fused-ring (bicyclic) bond motifs is 1. The highest BCUT2D eigenvalue weighted by molar-refractivity contribution is 5.84. The van der Waals surface area contributed by atoms with Gasteiger partial charge in [-0.3, -0.25) is 0 Å². The Kier molecular flexibility index (Phi) is 3.08. The van der Waals surface area contributed by atoms with Crippen molar-refractivity contribution in [2.75, 3.05) is 0 Å². The predicted octanol–water partition coefficient (Wildman–Crippen LogP) is 1.75. The number of nitrogens with zero attached hydrogens (tertiary/aromatic N) is 1. The summed E-state index contributed by atoms with van der Waals surface area (Å²) in [6.07, 6.45) is -4.18. The predicted molar refractivity (Wildman–Crippen MR) is 71.2 cm³/mol. The van der Waals surface area contributed by atoms with E-state index in [1.807, 2.05) is 0 Å². The van der Waals surface area contributed by atoms with Crippen LogP contribution in [0.15, 0.2) is 30.5 Å². The van der Waals surface area contributed by atoms with Gasteiger partial charge >= 0.3 is 12.2 Å². The number of amides is 2. The smallest absolute Gasteiger partial charge is 0.367 e. The van der Waals surface area contributed by atoms with E-state index in [1.54, 1.807) is 29.7 Å². The Hall–Kier alpha value is -2.26. The molecule has 9 heteroatoms. The van der Waals surface area contributed by atoms with Gasteiger partial charge in [0.15, 0.2) is 0 Å². The molecule has 2 aromatic rings. The summed E-state index contributed by atoms with van der Waals surface area (Å²) >= 11 is 0. The van der Waals surface area contributed by atoms with Crippen molar-refractivity contribution < 1.29 is 23.1 Å². The molecule has 0 bridgehead atoms. The molecule has 22 heavy (non-hydrogen) atoms. The third-order valence-corrected chi connectivity index (χ3v) is 3.79. The molecule has 0 aliphatic carbocycles. The number of rotatable bonds is 1. The summed E-state index contributed by atoms with van der Waals surface area (Å²) < 4.78 is 39.0. The number of hydrogen-bond acceptors (Lipinski definition) is 3. The highest BCUT2D eigenvalue weighted by atomic mass is 19.4. The van der Waals surface area contributed by atoms with Crippen molar-refractivity contribution in [3.8, 4) is 0 Å². The Morgan fingerprint density at radius 3 is 2.73 bits per heavy atom. The maximum atomic E-state index is 13.0. The number of aromatic amines is 1. The summed E-state index contributed by atoms with van der Waals surface area (Å²) in [5.41, 5.74) is 4.88. The molecule has 1 aromatic carbocycles. The number of carbonyl (C=O) groups is 1. The van der Waals surface area contributed by atoms with Crippen molar-refractivity contribution >= 4 is 16.9 Å². The molecule has 118 valence electrons. The summed E-state index contributed by atoms with van der Waals surface area (Å²) in [6, 6.07) is 4.83. The Morgan fingerprint density at radius 1 is 1.41 bits per heavy atom. The van der Waals surface area contributed by atoms with Crippen LogP contribution >= 0.6 is 0 Å². The van der Waals surface area contributed by atoms with Gasteiger partial charge in [0.1, 0.15) is 0 Å². The van der Waals surface area contributed by atoms with Gasteiger partial charge in [-0.1, -0.05) is 18.2 Å². The third-order valence-electron chi connectivity index (χ3n) is 3.79. The molecule has 1 aliphatic heterocycles. The number of para-hydroxylation sites is 1. The molecule has 1 aliphatic rings. The summed E-state index contributed by atoms with van der Waals surface area (Å²) in [6.45, 7) is 0. The minimum atomic E-state index is -4.94. The second-order valence-electron chi connectivity index (χ2n) is 5.19. The Balaban J connectivity index is 2.06. The molecule has 2 heterocycles. The minimum Gasteiger partial charge on any atom is -0.367 e. The maximum absolute atomic E-state index is 13.0. The first kappa shape index (κ1) is 14.7. The first-order valence-electron chi connectivity index (χ1n) is 6.44. The number of alkyl halides is 3. The zero-order valence-corrected chi connectivity index (χ0v) is 11.2. The second-order valence-corrected chi connectivity index (χ2v) is 5.19. The van der Waals surface area contributed by atoms with Gasteiger partial charge in [-0.25, -0.2) is 9.80 Å². The number of benzene rings is 1. The number of urea groups is 1. The molecule has 2 atom stereocenters. The Labute approximate surface area is 122 Å². The molecular formula is C13H13F3N4O2. The van der Waals surface area contributed by atoms with Crippen molar-refractivity contribution in [2.24, 2.45) is 5.73 Å². The third kappa shape index (κ3) is 2.09. The van der Waals surface area contributed by atoms with Gasteiger partial charge < -0.3 is 15.8 Å². The number of aliphatic hydroxyl groups is 1. The molecule has 1 aromatic heterocycles. The summed E-state index contributed by atoms with van der Waals surface area (Å²) in [4.78, 5) is 14.4. The number of carbonyl (C=O) groups excluding carboxylic acids is 1. The van der Waals surface area contributed by atoms with Crippen LogP contribution in [0, 0.1) is 0 Å². The SMILES string of the molecule is NC(=O)N1NC(O)(C(F)(F)F)CC1c1c[nH]c2ccccc12. The minimum absolute atomic E-state index is 0.446. The topological polar surface area (TPSA) is 94.4 Å². The Morgan fingerprint density at radius 2 is 2.09 bits per heavy atom. The molecular weight excluding hydrogens is 301 g/mol. The van der Waals surface area contributed by atoms with Crippen molar-refractivity contribution in [3.63, 3.8) is 0 Å². The normalized spacial score (nSPS) is 25.8. The average Bonchev–Trinajstić information content (AvgIpc) is 2.99. The summed E-state index contributed by atoms with van der Waals surface area (Å²) in [5, 5.41) is 11.1. The fourth-order valence-electron chi connectivity index (χ4n) is 2.70. The van der Waals surface area contributed by atoms with Gasteiger partial charge in [0, 0.05) is 29.1 Å². The molecule has 0 spiro atoms. The van der Waals surface area contributed by atoms with E-state index in [-0.39, 0.29) is 0 Å². The second kappa shape index (κ2) is 4.62. The van der Waals surface area contributed by atoms with E-state index in [9.17, 15) is 23.1 Å². The zero-order chi connectivity index (χ0) is 16.1. The fourth-order valence-corrected chi connectivity index (χ4v) is 2.70. The van der Waals surface area contributed by atoms with E-state index in [1.165, 1.54) is 6.20 Å². The largest absolute Gasteiger partial charge is 0.432 e. The fraction of sp³-hybridized carbons (Fsp3) is 0.308. The first-order valence-corrected chi connectivity index (χ1v) is 6.44. The number of primary amides is 1. The quantitative estimate of drug-likeness (QED) is 0.646. The lowest BCUT2D eigenvalue weighted by molar-refractivity contribution is -0.271. The lowest BCUT2D eigenvalue weighted by Crippen LogP contribution is -2.57. The van der Waals surface area contributed by atoms with E-state index in [0.29, 0.717) is 21.5 Å². The maximum Gasteiger partial charge on any atom is 0.432 e. The van der Waals surface area contributed by atoms with Crippen LogP contribution in [-0.2, 0) is 0 Å². The molecule has 6 nitrogen and oxygen atoms in total. The van der Waals surface area contributed by atoms with Crippen LogP contribution in [0.1, 0.15) is 18.0 Å². The van der Waals surface area contributed by atoms with Gasteiger partial charge in [0.2, 0.25) is 5.72 Å². The lowest BCUT2D eigenvalue weighted by Gasteiger charge is -2.26. The van der Waals surface area contributed by atoms with Crippen LogP contribution in [0.2, 0.25) is 0 Å². The number of hydrazine groups is 1. The zero-order valence-electron chi connectivity index (χ0n) is 11.2. The molecule has 0 saturated carbocycles. The molecule has 0 radical (unpaired) electrons. The van der Waals surface area contributed by atoms with Gasteiger partial charge in [0.25, 0.3) is 0 Å². The number of H-pyrrole nitrogens is 1. The van der Waals surface area contributed by atoms with Crippen LogP contribution in [0.3, 0.4) is 0 Å². The van der Waals surface area contributed by atoms with E-state index in [0.717, 1.165) is 0 Å². The number of hydrogen-bond donors (Lipinski definition) is 4. The van der Waals surface area contributed by atoms with Crippen LogP contribution in [0.4, 0.5) is 18.0 Å². The van der Waals surface area contributed by atoms with Crippen molar-refractivity contribution in [1.82, 2.24) is 15.4 Å². The molecule has 1 saturated heterocycles. The summed E-state index contributed by atoms with van der Waals surface area (Å²) in [5.74, 6) is 0. The van der Waals surface area contributed by atoms with Crippen LogP contribution in [-0.4, -0.2) is 33.0 Å². The molecule has 2 unspecified atom stereocenters. The average molecular weight is 314 g/mol. The summed E-state index contributed by atoms with van der Waals surface area (Å²) in [7, 11) is 0. The monoisotopic (exact) mass is 314 g/mol. The van der Waals surface area contributed by atoms with Gasteiger partial charge in [-0.2, -0.15) is 18.6 Å². The highest BCUT2D eigenvalue weighted by Gasteiger charge is 2.61.